The number of aliphatic hydroxyl groups excluding tert-OH is 1. The third-order valence-corrected chi connectivity index (χ3v) is 9.80. The van der Waals surface area contributed by atoms with Crippen LogP contribution < -0.4 is 23.6 Å². The fourth-order valence-electron chi connectivity index (χ4n) is 1.72. The molecular formula is C10H22LiNO10S4. The van der Waals surface area contributed by atoms with Crippen LogP contribution >= 0.6 is 0 Å². The second-order valence-corrected chi connectivity index (χ2v) is 13.6. The molecule has 0 aliphatic carbocycles. The first-order valence-electron chi connectivity index (χ1n) is 7.03. The molecule has 0 fully saturated rings. The molecule has 26 heavy (non-hydrogen) atoms. The van der Waals surface area contributed by atoms with E-state index in [1.165, 1.54) is 6.92 Å². The predicted octanol–water partition coefficient (Wildman–Crippen LogP) is -5.60. The molecule has 0 aromatic carbocycles. The standard InChI is InChI=1S/C10H23NO10S4.Li/c1-10(8-12)11-24(17,18)6-2-4-22(13,14)9-23(15,16)5-3-7-25(19,20)21;/h10-12H,2-9H2,1H3,(H,19,20,21);/q;+1/p-1. The smallest absolute Gasteiger partial charge is 0.748 e. The molecule has 0 heterocycles. The molecule has 1 unspecified atom stereocenters. The van der Waals surface area contributed by atoms with Gasteiger partial charge in [-0.05, 0) is 19.8 Å². The number of rotatable bonds is 13. The van der Waals surface area contributed by atoms with Gasteiger partial charge in [-0.2, -0.15) is 0 Å². The van der Waals surface area contributed by atoms with Gasteiger partial charge in [-0.1, -0.05) is 0 Å². The van der Waals surface area contributed by atoms with E-state index in [2.05, 4.69) is 4.72 Å². The maximum Gasteiger partial charge on any atom is 1.00 e. The van der Waals surface area contributed by atoms with E-state index in [1.54, 1.807) is 0 Å². The number of sulfone groups is 2. The summed E-state index contributed by atoms with van der Waals surface area (Å²) in [7, 11) is -16.7. The molecule has 0 saturated carbocycles. The van der Waals surface area contributed by atoms with Crippen molar-refractivity contribution in [1.82, 2.24) is 4.72 Å². The van der Waals surface area contributed by atoms with E-state index < -0.39 is 87.0 Å². The molecule has 1 atom stereocenters. The van der Waals surface area contributed by atoms with Gasteiger partial charge in [-0.15, -0.1) is 0 Å². The van der Waals surface area contributed by atoms with E-state index in [4.69, 9.17) is 5.11 Å². The number of nitrogens with one attached hydrogen (secondary N) is 1. The van der Waals surface area contributed by atoms with Crippen molar-refractivity contribution in [2.75, 3.05) is 34.7 Å². The van der Waals surface area contributed by atoms with Gasteiger partial charge in [0.25, 0.3) is 0 Å². The van der Waals surface area contributed by atoms with Crippen molar-refractivity contribution in [2.24, 2.45) is 0 Å². The summed E-state index contributed by atoms with van der Waals surface area (Å²) in [6.45, 7) is 0.970. The minimum Gasteiger partial charge on any atom is -0.748 e. The summed E-state index contributed by atoms with van der Waals surface area (Å²) in [4.78, 5) is 0. The van der Waals surface area contributed by atoms with Gasteiger partial charge < -0.3 is 9.66 Å². The molecule has 0 rings (SSSR count). The van der Waals surface area contributed by atoms with Crippen molar-refractivity contribution in [3.8, 4) is 0 Å². The number of hydrogen-bond donors (Lipinski definition) is 2. The fourth-order valence-corrected chi connectivity index (χ4v) is 8.21. The molecule has 0 amide bonds. The molecule has 0 aromatic heterocycles. The minimum atomic E-state index is -4.59. The van der Waals surface area contributed by atoms with Gasteiger partial charge in [0, 0.05) is 11.8 Å². The van der Waals surface area contributed by atoms with Crippen LogP contribution in [0.15, 0.2) is 0 Å². The Bertz CT molecular complexity index is 832. The van der Waals surface area contributed by atoms with E-state index >= 15 is 0 Å². The number of sulfonamides is 1. The molecule has 0 aromatic rings. The van der Waals surface area contributed by atoms with E-state index in [1.807, 2.05) is 0 Å². The summed E-state index contributed by atoms with van der Waals surface area (Å²) in [5.74, 6) is -2.95. The van der Waals surface area contributed by atoms with Crippen molar-refractivity contribution in [2.45, 2.75) is 25.8 Å². The molecule has 152 valence electrons. The van der Waals surface area contributed by atoms with Crippen LogP contribution in [0.25, 0.3) is 0 Å². The third-order valence-electron chi connectivity index (χ3n) is 2.73. The predicted molar refractivity (Wildman–Crippen MR) is 89.7 cm³/mol. The van der Waals surface area contributed by atoms with Gasteiger partial charge in [0.1, 0.15) is 0 Å². The topological polar surface area (TPSA) is 192 Å². The van der Waals surface area contributed by atoms with Crippen LogP contribution in [0, 0.1) is 0 Å². The van der Waals surface area contributed by atoms with Gasteiger partial charge >= 0.3 is 18.9 Å². The molecule has 16 heteroatoms. The maximum absolute atomic E-state index is 11.8. The Morgan fingerprint density at radius 2 is 1.27 bits per heavy atom. The average Bonchev–Trinajstić information content (AvgIpc) is 2.33. The van der Waals surface area contributed by atoms with Crippen LogP contribution in [0.4, 0.5) is 0 Å². The van der Waals surface area contributed by atoms with Crippen molar-refractivity contribution >= 4 is 39.8 Å². The summed E-state index contributed by atoms with van der Waals surface area (Å²) < 4.78 is 103. The van der Waals surface area contributed by atoms with Gasteiger partial charge in [0.2, 0.25) is 10.0 Å². The van der Waals surface area contributed by atoms with E-state index in [0.717, 1.165) is 0 Å². The Morgan fingerprint density at radius 3 is 1.65 bits per heavy atom. The van der Waals surface area contributed by atoms with Crippen LogP contribution in [-0.2, 0) is 39.8 Å². The molecular weight excluding hydrogens is 429 g/mol. The monoisotopic (exact) mass is 451 g/mol. The zero-order chi connectivity index (χ0) is 19.9. The maximum atomic E-state index is 11.8. The largest absolute Gasteiger partial charge is 1.00 e. The molecule has 0 aliphatic rings. The molecule has 0 bridgehead atoms. The van der Waals surface area contributed by atoms with Crippen molar-refractivity contribution < 1.29 is 62.2 Å². The van der Waals surface area contributed by atoms with Crippen LogP contribution in [0.3, 0.4) is 0 Å². The first-order valence-corrected chi connectivity index (χ1v) is 13.9. The van der Waals surface area contributed by atoms with Crippen LogP contribution in [0.2, 0.25) is 0 Å². The first-order chi connectivity index (χ1) is 11.1. The Labute approximate surface area is 166 Å². The molecule has 0 spiro atoms. The summed E-state index contributed by atoms with van der Waals surface area (Å²) in [6, 6.07) is -0.737. The normalized spacial score (nSPS) is 14.6. The van der Waals surface area contributed by atoms with Gasteiger partial charge in [-0.3, -0.25) is 0 Å². The second kappa shape index (κ2) is 11.3. The summed E-state index contributed by atoms with van der Waals surface area (Å²) in [5.41, 5.74) is 0. The summed E-state index contributed by atoms with van der Waals surface area (Å²) in [5, 5.41) is 7.50. The van der Waals surface area contributed by atoms with Gasteiger partial charge in [0.05, 0.1) is 34.0 Å². The Hall–Kier alpha value is 0.277. The van der Waals surface area contributed by atoms with Crippen molar-refractivity contribution in [3.05, 3.63) is 0 Å². The minimum absolute atomic E-state index is 0. The quantitative estimate of drug-likeness (QED) is 0.201. The Kier molecular flexibility index (Phi) is 12.4. The molecule has 2 N–H and O–H groups in total. The van der Waals surface area contributed by atoms with E-state index in [9.17, 15) is 38.2 Å². The molecule has 0 radical (unpaired) electrons. The Morgan fingerprint density at radius 1 is 0.846 bits per heavy atom. The van der Waals surface area contributed by atoms with Crippen LogP contribution in [0.1, 0.15) is 19.8 Å². The average molecular weight is 451 g/mol. The van der Waals surface area contributed by atoms with Crippen molar-refractivity contribution in [1.29, 1.82) is 0 Å². The number of aliphatic hydroxyl groups is 1. The van der Waals surface area contributed by atoms with E-state index in [0.29, 0.717) is 0 Å². The first kappa shape index (κ1) is 28.5. The zero-order valence-electron chi connectivity index (χ0n) is 14.5. The van der Waals surface area contributed by atoms with Crippen LogP contribution in [-0.4, -0.2) is 84.1 Å². The third kappa shape index (κ3) is 15.3. The molecule has 0 aliphatic heterocycles. The number of hydrogen-bond acceptors (Lipinski definition) is 10. The SMILES string of the molecule is CC(CO)NS(=O)(=O)CCCS(=O)(=O)CS(=O)(=O)CCCS(=O)(=O)[O-].[Li+]. The molecule has 0 saturated heterocycles. The molecule has 11 nitrogen and oxygen atoms in total. The van der Waals surface area contributed by atoms with Crippen LogP contribution in [0.5, 0.6) is 0 Å². The van der Waals surface area contributed by atoms with Gasteiger partial charge in [-0.25, -0.2) is 38.4 Å². The fraction of sp³-hybridized carbons (Fsp3) is 1.00. The Balaban J connectivity index is 0. The zero-order valence-corrected chi connectivity index (χ0v) is 17.8. The van der Waals surface area contributed by atoms with E-state index in [-0.39, 0.29) is 25.3 Å². The van der Waals surface area contributed by atoms with Gasteiger partial charge in [0.15, 0.2) is 24.8 Å². The summed E-state index contributed by atoms with van der Waals surface area (Å²) in [6.07, 6.45) is -0.860. The van der Waals surface area contributed by atoms with Crippen molar-refractivity contribution in [3.63, 3.8) is 0 Å². The second-order valence-electron chi connectivity index (χ2n) is 5.50. The summed E-state index contributed by atoms with van der Waals surface area (Å²) >= 11 is 0.